The Hall–Kier alpha value is -0.770. The molecule has 4 nitrogen and oxygen atoms in total. The van der Waals surface area contributed by atoms with E-state index in [9.17, 15) is 0 Å². The normalized spacial score (nSPS) is 23.4. The molecule has 0 radical (unpaired) electrons. The van der Waals surface area contributed by atoms with E-state index in [4.69, 9.17) is 9.73 Å². The molecule has 22 heavy (non-hydrogen) atoms. The van der Waals surface area contributed by atoms with Gasteiger partial charge in [0, 0.05) is 18.5 Å². The number of aliphatic imine (C=N–C) groups is 1. The lowest BCUT2D eigenvalue weighted by Gasteiger charge is -2.37. The number of nitrogens with zero attached hydrogens (tertiary/aromatic N) is 1. The summed E-state index contributed by atoms with van der Waals surface area (Å²) < 4.78 is 5.32. The number of nitrogens with one attached hydrogen (secondary N) is 2. The van der Waals surface area contributed by atoms with E-state index in [1.807, 2.05) is 0 Å². The second-order valence-electron chi connectivity index (χ2n) is 8.16. The first-order valence-corrected chi connectivity index (χ1v) is 9.07. The molecule has 4 heteroatoms. The van der Waals surface area contributed by atoms with Gasteiger partial charge in [0.1, 0.15) is 0 Å². The SMILES string of the molecule is CCNC(=NCC1(C)COC1)NCC1(CC(C)C)CCCC1. The van der Waals surface area contributed by atoms with E-state index in [-0.39, 0.29) is 5.41 Å². The van der Waals surface area contributed by atoms with Gasteiger partial charge in [0.05, 0.1) is 19.8 Å². The fourth-order valence-corrected chi connectivity index (χ4v) is 3.87. The summed E-state index contributed by atoms with van der Waals surface area (Å²) in [6, 6.07) is 0. The van der Waals surface area contributed by atoms with Crippen molar-refractivity contribution in [1.82, 2.24) is 10.6 Å². The maximum Gasteiger partial charge on any atom is 0.191 e. The van der Waals surface area contributed by atoms with Crippen LogP contribution >= 0.6 is 0 Å². The topological polar surface area (TPSA) is 45.7 Å². The van der Waals surface area contributed by atoms with Gasteiger partial charge in [0.2, 0.25) is 0 Å². The van der Waals surface area contributed by atoms with Crippen molar-refractivity contribution >= 4 is 5.96 Å². The standard InChI is InChI=1S/C18H35N3O/c1-5-19-16(20-11-17(4)13-22-14-17)21-12-18(10-15(2)3)8-6-7-9-18/h15H,5-14H2,1-4H3,(H2,19,20,21). The number of hydrogen-bond donors (Lipinski definition) is 2. The van der Waals surface area contributed by atoms with Gasteiger partial charge in [0.15, 0.2) is 5.96 Å². The maximum atomic E-state index is 5.32. The van der Waals surface area contributed by atoms with Crippen molar-refractivity contribution in [3.8, 4) is 0 Å². The largest absolute Gasteiger partial charge is 0.380 e. The molecule has 0 spiro atoms. The van der Waals surface area contributed by atoms with Gasteiger partial charge in [-0.05, 0) is 37.5 Å². The van der Waals surface area contributed by atoms with Crippen molar-refractivity contribution in [2.24, 2.45) is 21.7 Å². The van der Waals surface area contributed by atoms with Crippen molar-refractivity contribution < 1.29 is 4.74 Å². The second-order valence-corrected chi connectivity index (χ2v) is 8.16. The predicted octanol–water partition coefficient (Wildman–Crippen LogP) is 3.18. The van der Waals surface area contributed by atoms with Crippen LogP contribution in [-0.2, 0) is 4.74 Å². The Labute approximate surface area is 136 Å². The molecule has 128 valence electrons. The number of ether oxygens (including phenoxy) is 1. The third kappa shape index (κ3) is 4.87. The summed E-state index contributed by atoms with van der Waals surface area (Å²) in [5, 5.41) is 7.02. The van der Waals surface area contributed by atoms with Gasteiger partial charge >= 0.3 is 0 Å². The Balaban J connectivity index is 1.90. The Bertz CT molecular complexity index is 369. The van der Waals surface area contributed by atoms with Crippen LogP contribution in [-0.4, -0.2) is 38.8 Å². The Morgan fingerprint density at radius 1 is 1.18 bits per heavy atom. The third-order valence-corrected chi connectivity index (χ3v) is 5.00. The van der Waals surface area contributed by atoms with Gasteiger partial charge < -0.3 is 15.4 Å². The van der Waals surface area contributed by atoms with Crippen molar-refractivity contribution in [3.05, 3.63) is 0 Å². The zero-order chi connectivity index (χ0) is 16.1. The smallest absolute Gasteiger partial charge is 0.191 e. The maximum absolute atomic E-state index is 5.32. The average Bonchev–Trinajstić information content (AvgIpc) is 2.88. The van der Waals surface area contributed by atoms with E-state index in [0.29, 0.717) is 5.41 Å². The summed E-state index contributed by atoms with van der Waals surface area (Å²) in [5.41, 5.74) is 0.721. The van der Waals surface area contributed by atoms with E-state index in [0.717, 1.165) is 44.7 Å². The van der Waals surface area contributed by atoms with Crippen molar-refractivity contribution in [3.63, 3.8) is 0 Å². The monoisotopic (exact) mass is 309 g/mol. The Kier molecular flexibility index (Phi) is 6.13. The van der Waals surface area contributed by atoms with Crippen LogP contribution in [0.5, 0.6) is 0 Å². The van der Waals surface area contributed by atoms with E-state index in [2.05, 4.69) is 38.3 Å². The molecule has 2 rings (SSSR count). The molecular weight excluding hydrogens is 274 g/mol. The van der Waals surface area contributed by atoms with Gasteiger partial charge in [-0.2, -0.15) is 0 Å². The fraction of sp³-hybridized carbons (Fsp3) is 0.944. The van der Waals surface area contributed by atoms with Crippen LogP contribution < -0.4 is 10.6 Å². The lowest BCUT2D eigenvalue weighted by molar-refractivity contribution is -0.0945. The predicted molar refractivity (Wildman–Crippen MR) is 93.3 cm³/mol. The quantitative estimate of drug-likeness (QED) is 0.561. The summed E-state index contributed by atoms with van der Waals surface area (Å²) in [5.74, 6) is 1.75. The number of guanidine groups is 1. The van der Waals surface area contributed by atoms with Crippen LogP contribution in [0.3, 0.4) is 0 Å². The van der Waals surface area contributed by atoms with Gasteiger partial charge in [-0.1, -0.05) is 33.6 Å². The molecule has 0 atom stereocenters. The van der Waals surface area contributed by atoms with Crippen LogP contribution in [0.25, 0.3) is 0 Å². The Morgan fingerprint density at radius 2 is 1.86 bits per heavy atom. The van der Waals surface area contributed by atoms with Gasteiger partial charge in [-0.3, -0.25) is 4.99 Å². The molecule has 2 aliphatic rings. The summed E-state index contributed by atoms with van der Waals surface area (Å²) in [6.45, 7) is 13.6. The minimum absolute atomic E-state index is 0.241. The van der Waals surface area contributed by atoms with Gasteiger partial charge in [0.25, 0.3) is 0 Å². The lowest BCUT2D eigenvalue weighted by atomic mass is 9.78. The van der Waals surface area contributed by atoms with E-state index < -0.39 is 0 Å². The highest BCUT2D eigenvalue weighted by Gasteiger charge is 2.35. The van der Waals surface area contributed by atoms with Gasteiger partial charge in [-0.15, -0.1) is 0 Å². The first-order chi connectivity index (χ1) is 10.5. The van der Waals surface area contributed by atoms with E-state index >= 15 is 0 Å². The minimum atomic E-state index is 0.241. The molecule has 0 aromatic rings. The van der Waals surface area contributed by atoms with Crippen molar-refractivity contribution in [1.29, 1.82) is 0 Å². The van der Waals surface area contributed by atoms with Crippen molar-refractivity contribution in [2.75, 3.05) is 32.8 Å². The van der Waals surface area contributed by atoms with Crippen molar-refractivity contribution in [2.45, 2.75) is 59.8 Å². The molecule has 0 unspecified atom stereocenters. The average molecular weight is 309 g/mol. The van der Waals surface area contributed by atoms with Crippen LogP contribution in [0.15, 0.2) is 4.99 Å². The number of rotatable bonds is 7. The third-order valence-electron chi connectivity index (χ3n) is 5.00. The number of hydrogen-bond acceptors (Lipinski definition) is 2. The molecule has 1 heterocycles. The highest BCUT2D eigenvalue weighted by atomic mass is 16.5. The van der Waals surface area contributed by atoms with Crippen LogP contribution in [0, 0.1) is 16.7 Å². The summed E-state index contributed by atoms with van der Waals surface area (Å²) in [6.07, 6.45) is 6.83. The van der Waals surface area contributed by atoms with Crippen LogP contribution in [0.1, 0.15) is 59.8 Å². The van der Waals surface area contributed by atoms with Crippen LogP contribution in [0.2, 0.25) is 0 Å². The van der Waals surface area contributed by atoms with E-state index in [1.165, 1.54) is 32.1 Å². The molecular formula is C18H35N3O. The Morgan fingerprint density at radius 3 is 2.36 bits per heavy atom. The molecule has 1 aliphatic carbocycles. The first kappa shape index (κ1) is 17.6. The summed E-state index contributed by atoms with van der Waals surface area (Å²) in [4.78, 5) is 4.79. The molecule has 1 saturated carbocycles. The zero-order valence-electron chi connectivity index (χ0n) is 15.0. The molecule has 1 aliphatic heterocycles. The highest BCUT2D eigenvalue weighted by molar-refractivity contribution is 5.79. The molecule has 0 amide bonds. The van der Waals surface area contributed by atoms with Gasteiger partial charge in [-0.25, -0.2) is 0 Å². The van der Waals surface area contributed by atoms with E-state index in [1.54, 1.807) is 0 Å². The molecule has 1 saturated heterocycles. The first-order valence-electron chi connectivity index (χ1n) is 9.07. The second kappa shape index (κ2) is 7.67. The lowest BCUT2D eigenvalue weighted by Crippen LogP contribution is -2.46. The zero-order valence-corrected chi connectivity index (χ0v) is 15.0. The van der Waals surface area contributed by atoms with Crippen LogP contribution in [0.4, 0.5) is 0 Å². The molecule has 0 aromatic carbocycles. The minimum Gasteiger partial charge on any atom is -0.380 e. The summed E-state index contributed by atoms with van der Waals surface area (Å²) >= 11 is 0. The fourth-order valence-electron chi connectivity index (χ4n) is 3.87. The molecule has 2 N–H and O–H groups in total. The highest BCUT2D eigenvalue weighted by Crippen LogP contribution is 2.42. The molecule has 0 bridgehead atoms. The summed E-state index contributed by atoms with van der Waals surface area (Å²) in [7, 11) is 0. The molecule has 2 fully saturated rings. The molecule has 0 aromatic heterocycles.